The van der Waals surface area contributed by atoms with Crippen LogP contribution < -0.4 is 15.4 Å². The Balaban J connectivity index is 0.00000529. The minimum absolute atomic E-state index is 0. The van der Waals surface area contributed by atoms with E-state index in [9.17, 15) is 0 Å². The smallest absolute Gasteiger partial charge is 0.191 e. The molecule has 0 saturated heterocycles. The molecule has 0 heterocycles. The number of nitrogens with one attached hydrogen (secondary N) is 2. The van der Waals surface area contributed by atoms with Gasteiger partial charge in [-0.3, -0.25) is 4.90 Å². The number of halogens is 1. The van der Waals surface area contributed by atoms with Crippen LogP contribution in [0.1, 0.15) is 33.3 Å². The molecule has 0 bridgehead atoms. The van der Waals surface area contributed by atoms with Gasteiger partial charge in [0.1, 0.15) is 5.75 Å². The number of guanidine groups is 1. The molecule has 1 rings (SSSR count). The highest BCUT2D eigenvalue weighted by Gasteiger charge is 2.07. The zero-order valence-corrected chi connectivity index (χ0v) is 18.0. The van der Waals surface area contributed by atoms with E-state index in [2.05, 4.69) is 48.2 Å². The van der Waals surface area contributed by atoms with Crippen molar-refractivity contribution in [2.45, 2.75) is 40.3 Å². The minimum Gasteiger partial charge on any atom is -0.496 e. The average Bonchev–Trinajstić information content (AvgIpc) is 2.56. The predicted octanol–water partition coefficient (Wildman–Crippen LogP) is 3.10. The van der Waals surface area contributed by atoms with Crippen molar-refractivity contribution >= 4 is 29.9 Å². The van der Waals surface area contributed by atoms with Crippen LogP contribution in [0.2, 0.25) is 0 Å². The summed E-state index contributed by atoms with van der Waals surface area (Å²) in [5.41, 5.74) is 1.09. The summed E-state index contributed by atoms with van der Waals surface area (Å²) in [7, 11) is 1.69. The summed E-state index contributed by atoms with van der Waals surface area (Å²) in [5.74, 6) is 1.72. The SMILES string of the molecule is CCNC(=NCc1ccccc1OC)NCCN(CC)C(C)C.I. The van der Waals surface area contributed by atoms with Crippen molar-refractivity contribution in [3.8, 4) is 5.75 Å². The molecule has 0 radical (unpaired) electrons. The highest BCUT2D eigenvalue weighted by molar-refractivity contribution is 14.0. The molecule has 0 unspecified atom stereocenters. The zero-order valence-electron chi connectivity index (χ0n) is 15.6. The van der Waals surface area contributed by atoms with Gasteiger partial charge in [-0.05, 0) is 33.4 Å². The summed E-state index contributed by atoms with van der Waals surface area (Å²) in [6.45, 7) is 13.1. The average molecular weight is 448 g/mol. The van der Waals surface area contributed by atoms with Crippen LogP contribution in [0.4, 0.5) is 0 Å². The third-order valence-electron chi connectivity index (χ3n) is 3.77. The van der Waals surface area contributed by atoms with E-state index in [0.717, 1.165) is 43.5 Å². The number of ether oxygens (including phenoxy) is 1. The van der Waals surface area contributed by atoms with Gasteiger partial charge < -0.3 is 15.4 Å². The summed E-state index contributed by atoms with van der Waals surface area (Å²) in [5, 5.41) is 6.70. The number of hydrogen-bond donors (Lipinski definition) is 2. The van der Waals surface area contributed by atoms with Crippen LogP contribution >= 0.6 is 24.0 Å². The molecule has 0 amide bonds. The lowest BCUT2D eigenvalue weighted by molar-refractivity contribution is 0.237. The largest absolute Gasteiger partial charge is 0.496 e. The fourth-order valence-corrected chi connectivity index (χ4v) is 2.44. The van der Waals surface area contributed by atoms with E-state index in [1.807, 2.05) is 24.3 Å². The molecular weight excluding hydrogens is 415 g/mol. The maximum Gasteiger partial charge on any atom is 0.191 e. The number of methoxy groups -OCH3 is 1. The fraction of sp³-hybridized carbons (Fsp3) is 0.611. The summed E-state index contributed by atoms with van der Waals surface area (Å²) >= 11 is 0. The second-order valence-corrected chi connectivity index (χ2v) is 5.66. The van der Waals surface area contributed by atoms with Gasteiger partial charge in [0.25, 0.3) is 0 Å². The lowest BCUT2D eigenvalue weighted by Crippen LogP contribution is -2.43. The normalized spacial score (nSPS) is 11.4. The van der Waals surface area contributed by atoms with E-state index in [0.29, 0.717) is 12.6 Å². The van der Waals surface area contributed by atoms with Crippen LogP contribution in [-0.4, -0.2) is 50.2 Å². The molecule has 0 aliphatic carbocycles. The van der Waals surface area contributed by atoms with Gasteiger partial charge in [0.15, 0.2) is 5.96 Å². The Kier molecular flexibility index (Phi) is 12.7. The van der Waals surface area contributed by atoms with Crippen molar-refractivity contribution in [3.63, 3.8) is 0 Å². The first kappa shape index (κ1) is 23.0. The van der Waals surface area contributed by atoms with Crippen molar-refractivity contribution in [2.75, 3.05) is 33.3 Å². The highest BCUT2D eigenvalue weighted by Crippen LogP contribution is 2.17. The van der Waals surface area contributed by atoms with E-state index in [1.165, 1.54) is 0 Å². The minimum atomic E-state index is 0. The second-order valence-electron chi connectivity index (χ2n) is 5.66. The molecule has 0 aliphatic heterocycles. The summed E-state index contributed by atoms with van der Waals surface area (Å²) < 4.78 is 5.37. The molecule has 0 atom stereocenters. The van der Waals surface area contributed by atoms with E-state index >= 15 is 0 Å². The van der Waals surface area contributed by atoms with Crippen molar-refractivity contribution in [3.05, 3.63) is 29.8 Å². The van der Waals surface area contributed by atoms with Gasteiger partial charge >= 0.3 is 0 Å². The molecule has 5 nitrogen and oxygen atoms in total. The molecule has 0 fully saturated rings. The Labute approximate surface area is 164 Å². The topological polar surface area (TPSA) is 48.9 Å². The Bertz CT molecular complexity index is 480. The van der Waals surface area contributed by atoms with Crippen LogP contribution in [0.5, 0.6) is 5.75 Å². The zero-order chi connectivity index (χ0) is 17.1. The van der Waals surface area contributed by atoms with Crippen LogP contribution in [0.3, 0.4) is 0 Å². The van der Waals surface area contributed by atoms with Gasteiger partial charge in [0, 0.05) is 31.2 Å². The fourth-order valence-electron chi connectivity index (χ4n) is 2.44. The standard InChI is InChI=1S/C18H32N4O.HI/c1-6-19-18(20-12-13-22(7-2)15(3)4)21-14-16-10-8-9-11-17(16)23-5;/h8-11,15H,6-7,12-14H2,1-5H3,(H2,19,20,21);1H. The first-order valence-electron chi connectivity index (χ1n) is 8.50. The van der Waals surface area contributed by atoms with E-state index in [4.69, 9.17) is 4.74 Å². The summed E-state index contributed by atoms with van der Waals surface area (Å²) in [4.78, 5) is 7.08. The molecule has 1 aromatic rings. The Morgan fingerprint density at radius 3 is 2.50 bits per heavy atom. The molecule has 6 heteroatoms. The number of aliphatic imine (C=N–C) groups is 1. The number of likely N-dealkylation sites (N-methyl/N-ethyl adjacent to an activating group) is 1. The molecule has 2 N–H and O–H groups in total. The Morgan fingerprint density at radius 1 is 1.21 bits per heavy atom. The predicted molar refractivity (Wildman–Crippen MR) is 114 cm³/mol. The third-order valence-corrected chi connectivity index (χ3v) is 3.77. The number of hydrogen-bond acceptors (Lipinski definition) is 3. The number of para-hydroxylation sites is 1. The molecule has 0 saturated carbocycles. The van der Waals surface area contributed by atoms with Gasteiger partial charge in [-0.25, -0.2) is 4.99 Å². The quantitative estimate of drug-likeness (QED) is 0.346. The molecule has 0 aromatic heterocycles. The van der Waals surface area contributed by atoms with Gasteiger partial charge in [-0.2, -0.15) is 0 Å². The van der Waals surface area contributed by atoms with Gasteiger partial charge in [0.05, 0.1) is 13.7 Å². The van der Waals surface area contributed by atoms with E-state index in [1.54, 1.807) is 7.11 Å². The first-order chi connectivity index (χ1) is 11.1. The summed E-state index contributed by atoms with van der Waals surface area (Å²) in [6, 6.07) is 8.56. The van der Waals surface area contributed by atoms with Crippen LogP contribution in [0.25, 0.3) is 0 Å². The molecular formula is C18H33IN4O. The van der Waals surface area contributed by atoms with Crippen molar-refractivity contribution in [1.29, 1.82) is 0 Å². The summed E-state index contributed by atoms with van der Waals surface area (Å²) in [6.07, 6.45) is 0. The monoisotopic (exact) mass is 448 g/mol. The maximum atomic E-state index is 5.37. The number of nitrogens with zero attached hydrogens (tertiary/aromatic N) is 2. The van der Waals surface area contributed by atoms with Crippen molar-refractivity contribution < 1.29 is 4.74 Å². The molecule has 0 spiro atoms. The number of benzene rings is 1. The maximum absolute atomic E-state index is 5.37. The molecule has 24 heavy (non-hydrogen) atoms. The van der Waals surface area contributed by atoms with Crippen LogP contribution in [0, 0.1) is 0 Å². The number of rotatable bonds is 9. The third kappa shape index (κ3) is 8.19. The van der Waals surface area contributed by atoms with E-state index in [-0.39, 0.29) is 24.0 Å². The lowest BCUT2D eigenvalue weighted by Gasteiger charge is -2.25. The van der Waals surface area contributed by atoms with Crippen LogP contribution in [0.15, 0.2) is 29.3 Å². The van der Waals surface area contributed by atoms with Crippen molar-refractivity contribution in [2.24, 2.45) is 4.99 Å². The van der Waals surface area contributed by atoms with Gasteiger partial charge in [-0.15, -0.1) is 24.0 Å². The molecule has 0 aliphatic rings. The van der Waals surface area contributed by atoms with E-state index < -0.39 is 0 Å². The van der Waals surface area contributed by atoms with Gasteiger partial charge in [-0.1, -0.05) is 25.1 Å². The van der Waals surface area contributed by atoms with Crippen molar-refractivity contribution in [1.82, 2.24) is 15.5 Å². The Morgan fingerprint density at radius 2 is 1.92 bits per heavy atom. The first-order valence-corrected chi connectivity index (χ1v) is 8.50. The highest BCUT2D eigenvalue weighted by atomic mass is 127. The van der Waals surface area contributed by atoms with Gasteiger partial charge in [0.2, 0.25) is 0 Å². The Hall–Kier alpha value is -1.02. The second kappa shape index (κ2) is 13.3. The molecule has 1 aromatic carbocycles. The molecule has 138 valence electrons. The van der Waals surface area contributed by atoms with Crippen LogP contribution in [-0.2, 0) is 6.54 Å². The lowest BCUT2D eigenvalue weighted by atomic mass is 10.2.